The molecule has 6 heteroatoms. The van der Waals surface area contributed by atoms with Crippen molar-refractivity contribution in [3.63, 3.8) is 0 Å². The van der Waals surface area contributed by atoms with Crippen molar-refractivity contribution in [3.05, 3.63) is 63.8 Å². The van der Waals surface area contributed by atoms with Gasteiger partial charge in [0.2, 0.25) is 5.91 Å². The quantitative estimate of drug-likeness (QED) is 0.558. The third kappa shape index (κ3) is 5.97. The zero-order valence-corrected chi connectivity index (χ0v) is 21.7. The van der Waals surface area contributed by atoms with Crippen LogP contribution in [-0.2, 0) is 9.53 Å². The summed E-state index contributed by atoms with van der Waals surface area (Å²) in [5.41, 5.74) is 2.94. The van der Waals surface area contributed by atoms with Crippen LogP contribution in [-0.4, -0.2) is 47.7 Å². The number of hydrogen-bond acceptors (Lipinski definition) is 5. The lowest BCUT2D eigenvalue weighted by atomic mass is 9.79. The van der Waals surface area contributed by atoms with Crippen molar-refractivity contribution in [2.24, 2.45) is 5.92 Å². The van der Waals surface area contributed by atoms with Gasteiger partial charge in [-0.3, -0.25) is 9.78 Å². The molecule has 1 aromatic heterocycles. The van der Waals surface area contributed by atoms with Gasteiger partial charge in [-0.2, -0.15) is 0 Å². The van der Waals surface area contributed by atoms with Crippen LogP contribution in [0.25, 0.3) is 12.0 Å². The summed E-state index contributed by atoms with van der Waals surface area (Å²) in [6, 6.07) is 9.79. The molecule has 0 bridgehead atoms. The summed E-state index contributed by atoms with van der Waals surface area (Å²) >= 11 is 1.68. The Labute approximate surface area is 212 Å². The molecule has 1 aliphatic carbocycles. The van der Waals surface area contributed by atoms with Gasteiger partial charge in [0.1, 0.15) is 0 Å². The maximum Gasteiger partial charge on any atom is 0.338 e. The zero-order valence-electron chi connectivity index (χ0n) is 20.9. The number of thioether (sulfide) groups is 1. The number of carbonyl (C=O) groups is 2. The van der Waals surface area contributed by atoms with Crippen LogP contribution in [0.3, 0.4) is 0 Å². The Hall–Kier alpha value is -2.60. The number of aromatic nitrogens is 1. The molecule has 1 saturated carbocycles. The molecule has 2 fully saturated rings. The predicted molar refractivity (Wildman–Crippen MR) is 143 cm³/mol. The molecule has 186 valence electrons. The molecule has 1 saturated heterocycles. The lowest BCUT2D eigenvalue weighted by Crippen LogP contribution is -2.42. The standard InChI is InChI=1S/C29H36N2O3S/c1-4-34-29(33)25-11-5-21(6-12-25)22-14-17-31(18-15-22)28(32)24-9-7-23(8-10-24)27-20(2)26(19-35-3)13-16-30-27/h5-6,11-13,16,19,22-24H,2,4,7-10,14-15,17-18H2,1,3H3/b26-19-. The number of pyridine rings is 1. The highest BCUT2D eigenvalue weighted by atomic mass is 32.2. The zero-order chi connectivity index (χ0) is 24.8. The SMILES string of the molecule is C=c1c(C2CCC(C(=O)N3CCC(c4ccc(C(=O)OCC)cc4)CC3)CC2)ncc/c1=C/SC. The summed E-state index contributed by atoms with van der Waals surface area (Å²) in [6.45, 7) is 8.10. The summed E-state index contributed by atoms with van der Waals surface area (Å²) in [5.74, 6) is 0.998. The highest BCUT2D eigenvalue weighted by Crippen LogP contribution is 2.36. The van der Waals surface area contributed by atoms with E-state index in [0.29, 0.717) is 29.9 Å². The van der Waals surface area contributed by atoms with Crippen molar-refractivity contribution in [3.8, 4) is 0 Å². The van der Waals surface area contributed by atoms with E-state index in [0.717, 1.165) is 67.7 Å². The van der Waals surface area contributed by atoms with E-state index < -0.39 is 0 Å². The van der Waals surface area contributed by atoms with E-state index in [-0.39, 0.29) is 11.9 Å². The van der Waals surface area contributed by atoms with Crippen molar-refractivity contribution in [1.29, 1.82) is 0 Å². The molecule has 5 nitrogen and oxygen atoms in total. The van der Waals surface area contributed by atoms with Crippen LogP contribution >= 0.6 is 11.8 Å². The minimum atomic E-state index is -0.276. The molecular weight excluding hydrogens is 456 g/mol. The normalized spacial score (nSPS) is 21.7. The average Bonchev–Trinajstić information content (AvgIpc) is 2.90. The first-order chi connectivity index (χ1) is 17.0. The second kappa shape index (κ2) is 11.9. The van der Waals surface area contributed by atoms with Crippen molar-refractivity contribution in [2.45, 2.75) is 57.3 Å². The largest absolute Gasteiger partial charge is 0.462 e. The molecule has 1 amide bonds. The van der Waals surface area contributed by atoms with Gasteiger partial charge < -0.3 is 9.64 Å². The Morgan fingerprint density at radius 3 is 2.37 bits per heavy atom. The number of benzene rings is 1. The van der Waals surface area contributed by atoms with Crippen molar-refractivity contribution >= 4 is 35.6 Å². The van der Waals surface area contributed by atoms with E-state index in [4.69, 9.17) is 4.74 Å². The maximum absolute atomic E-state index is 13.3. The van der Waals surface area contributed by atoms with E-state index in [1.54, 1.807) is 11.8 Å². The molecule has 35 heavy (non-hydrogen) atoms. The summed E-state index contributed by atoms with van der Waals surface area (Å²) < 4.78 is 5.07. The summed E-state index contributed by atoms with van der Waals surface area (Å²) in [5, 5.41) is 4.31. The molecule has 1 aliphatic heterocycles. The summed E-state index contributed by atoms with van der Waals surface area (Å²) in [6.07, 6.45) is 9.72. The molecule has 2 aliphatic rings. The van der Waals surface area contributed by atoms with E-state index in [1.165, 1.54) is 5.56 Å². The van der Waals surface area contributed by atoms with E-state index in [9.17, 15) is 9.59 Å². The number of rotatable bonds is 6. The smallest absolute Gasteiger partial charge is 0.338 e. The van der Waals surface area contributed by atoms with Gasteiger partial charge in [-0.1, -0.05) is 18.7 Å². The average molecular weight is 493 g/mol. The molecule has 2 heterocycles. The van der Waals surface area contributed by atoms with Gasteiger partial charge in [-0.15, -0.1) is 11.8 Å². The van der Waals surface area contributed by atoms with E-state index in [1.807, 2.05) is 43.5 Å². The number of amides is 1. The number of likely N-dealkylation sites (tertiary alicyclic amines) is 1. The Kier molecular flexibility index (Phi) is 8.66. The minimum Gasteiger partial charge on any atom is -0.462 e. The first-order valence-electron chi connectivity index (χ1n) is 12.7. The van der Waals surface area contributed by atoms with Crippen LogP contribution < -0.4 is 10.4 Å². The summed E-state index contributed by atoms with van der Waals surface area (Å²) in [4.78, 5) is 31.9. The molecule has 0 unspecified atom stereocenters. The monoisotopic (exact) mass is 492 g/mol. The molecule has 1 aromatic carbocycles. The second-order valence-corrected chi connectivity index (χ2v) is 10.3. The number of nitrogens with zero attached hydrogens (tertiary/aromatic N) is 2. The molecule has 0 atom stereocenters. The Morgan fingerprint density at radius 1 is 1.06 bits per heavy atom. The van der Waals surface area contributed by atoms with Crippen molar-refractivity contribution < 1.29 is 14.3 Å². The second-order valence-electron chi connectivity index (χ2n) is 9.61. The van der Waals surface area contributed by atoms with Crippen LogP contribution in [0.5, 0.6) is 0 Å². The molecule has 0 spiro atoms. The van der Waals surface area contributed by atoms with Gasteiger partial charge in [-0.25, -0.2) is 4.79 Å². The highest BCUT2D eigenvalue weighted by Gasteiger charge is 2.32. The number of hydrogen-bond donors (Lipinski definition) is 0. The molecular formula is C29H36N2O3S. The van der Waals surface area contributed by atoms with Crippen LogP contribution in [0.15, 0.2) is 36.5 Å². The third-order valence-electron chi connectivity index (χ3n) is 7.53. The van der Waals surface area contributed by atoms with Crippen LogP contribution in [0.4, 0.5) is 0 Å². The van der Waals surface area contributed by atoms with Gasteiger partial charge in [0.05, 0.1) is 17.9 Å². The van der Waals surface area contributed by atoms with Gasteiger partial charge >= 0.3 is 5.97 Å². The maximum atomic E-state index is 13.3. The summed E-state index contributed by atoms with van der Waals surface area (Å²) in [7, 11) is 0. The van der Waals surface area contributed by atoms with Crippen LogP contribution in [0, 0.1) is 5.92 Å². The fourth-order valence-electron chi connectivity index (χ4n) is 5.52. The van der Waals surface area contributed by atoms with Gasteiger partial charge in [-0.05, 0) is 97.2 Å². The number of carbonyl (C=O) groups excluding carboxylic acids is 2. The predicted octanol–water partition coefficient (Wildman–Crippen LogP) is 4.45. The topological polar surface area (TPSA) is 59.5 Å². The fourth-order valence-corrected chi connectivity index (χ4v) is 6.00. The van der Waals surface area contributed by atoms with Crippen LogP contribution in [0.2, 0.25) is 0 Å². The van der Waals surface area contributed by atoms with Gasteiger partial charge in [0.25, 0.3) is 0 Å². The lowest BCUT2D eigenvalue weighted by Gasteiger charge is -2.36. The first-order valence-corrected chi connectivity index (χ1v) is 14.0. The third-order valence-corrected chi connectivity index (χ3v) is 8.02. The van der Waals surface area contributed by atoms with Gasteiger partial charge in [0, 0.05) is 31.1 Å². The number of esters is 1. The van der Waals surface area contributed by atoms with Gasteiger partial charge in [0.15, 0.2) is 0 Å². The lowest BCUT2D eigenvalue weighted by molar-refractivity contribution is -0.137. The molecule has 0 N–H and O–H groups in total. The molecule has 0 radical (unpaired) electrons. The highest BCUT2D eigenvalue weighted by molar-refractivity contribution is 8.05. The fraction of sp³-hybridized carbons (Fsp3) is 0.483. The van der Waals surface area contributed by atoms with E-state index >= 15 is 0 Å². The molecule has 2 aromatic rings. The Morgan fingerprint density at radius 2 is 1.74 bits per heavy atom. The number of ether oxygens (including phenoxy) is 1. The van der Waals surface area contributed by atoms with Crippen LogP contribution in [0.1, 0.15) is 78.9 Å². The van der Waals surface area contributed by atoms with Crippen molar-refractivity contribution in [1.82, 2.24) is 9.88 Å². The number of piperidine rings is 1. The molecule has 4 rings (SSSR count). The van der Waals surface area contributed by atoms with Crippen molar-refractivity contribution in [2.75, 3.05) is 26.0 Å². The first kappa shape index (κ1) is 25.5. The Bertz CT molecular complexity index is 1130. The van der Waals surface area contributed by atoms with E-state index in [2.05, 4.69) is 28.1 Å². The minimum absolute atomic E-state index is 0.126. The Balaban J connectivity index is 1.29.